The van der Waals surface area contributed by atoms with Crippen LogP contribution < -0.4 is 0 Å². The second-order valence-electron chi connectivity index (χ2n) is 7.43. The van der Waals surface area contributed by atoms with Crippen LogP contribution in [-0.4, -0.2) is 43.9 Å². The largest absolute Gasteiger partial charge is 0.375 e. The molecule has 20 heavy (non-hydrogen) atoms. The molecule has 6 rings (SSSR count). The Kier molecular flexibility index (Phi) is 2.89. The highest BCUT2D eigenvalue weighted by molar-refractivity contribution is 4.94. The number of fused-ring (bicyclic) bond motifs is 3. The molecule has 2 bridgehead atoms. The minimum Gasteiger partial charge on any atom is -0.375 e. The molecule has 2 aliphatic carbocycles. The van der Waals surface area contributed by atoms with Gasteiger partial charge >= 0.3 is 0 Å². The topological polar surface area (TPSA) is 40.2 Å². The van der Waals surface area contributed by atoms with Gasteiger partial charge in [-0.05, 0) is 44.4 Å². The van der Waals surface area contributed by atoms with Gasteiger partial charge in [0, 0.05) is 11.8 Å². The highest BCUT2D eigenvalue weighted by atomic mass is 16.7. The van der Waals surface area contributed by atoms with Gasteiger partial charge in [-0.15, -0.1) is 0 Å². The SMILES string of the molecule is C1C2CC(C3COC(C4CCC5OC5C4)OC3)CC1O2. The molecule has 5 unspecified atom stereocenters. The first kappa shape index (κ1) is 12.4. The zero-order valence-corrected chi connectivity index (χ0v) is 11.9. The van der Waals surface area contributed by atoms with Crippen LogP contribution in [0.15, 0.2) is 0 Å². The summed E-state index contributed by atoms with van der Waals surface area (Å²) in [5.41, 5.74) is 0. The molecule has 0 spiro atoms. The number of hydrogen-bond acceptors (Lipinski definition) is 4. The Morgan fingerprint density at radius 1 is 0.600 bits per heavy atom. The Morgan fingerprint density at radius 2 is 1.35 bits per heavy atom. The lowest BCUT2D eigenvalue weighted by atomic mass is 9.74. The molecule has 4 aliphatic heterocycles. The van der Waals surface area contributed by atoms with Gasteiger partial charge in [-0.25, -0.2) is 0 Å². The van der Waals surface area contributed by atoms with Crippen molar-refractivity contribution in [2.75, 3.05) is 13.2 Å². The second-order valence-corrected chi connectivity index (χ2v) is 7.43. The lowest BCUT2D eigenvalue weighted by Crippen LogP contribution is -2.50. The summed E-state index contributed by atoms with van der Waals surface area (Å²) in [6.45, 7) is 1.78. The predicted molar refractivity (Wildman–Crippen MR) is 71.2 cm³/mol. The van der Waals surface area contributed by atoms with Gasteiger partial charge in [-0.1, -0.05) is 0 Å². The smallest absolute Gasteiger partial charge is 0.160 e. The first-order chi connectivity index (χ1) is 9.85. The lowest BCUT2D eigenvalue weighted by Gasteiger charge is -2.48. The molecular weight excluding hydrogens is 256 g/mol. The molecule has 4 nitrogen and oxygen atoms in total. The minimum absolute atomic E-state index is 0.0331. The van der Waals surface area contributed by atoms with Crippen LogP contribution in [0.2, 0.25) is 0 Å². The summed E-state index contributed by atoms with van der Waals surface area (Å²) in [6.07, 6.45) is 9.48. The number of rotatable bonds is 2. The third-order valence-electron chi connectivity index (χ3n) is 6.09. The summed E-state index contributed by atoms with van der Waals surface area (Å²) >= 11 is 0. The monoisotopic (exact) mass is 280 g/mol. The molecule has 6 fully saturated rings. The van der Waals surface area contributed by atoms with E-state index in [1.54, 1.807) is 0 Å². The lowest BCUT2D eigenvalue weighted by molar-refractivity contribution is -0.249. The van der Waals surface area contributed by atoms with Gasteiger partial charge in [0.25, 0.3) is 0 Å². The van der Waals surface area contributed by atoms with Crippen molar-refractivity contribution in [3.8, 4) is 0 Å². The van der Waals surface area contributed by atoms with E-state index in [1.165, 1.54) is 32.1 Å². The fourth-order valence-electron chi connectivity index (χ4n) is 4.77. The normalized spacial score (nSPS) is 57.6. The molecule has 2 saturated carbocycles. The summed E-state index contributed by atoms with van der Waals surface area (Å²) in [7, 11) is 0. The van der Waals surface area contributed by atoms with Crippen LogP contribution in [-0.2, 0) is 18.9 Å². The van der Waals surface area contributed by atoms with Crippen molar-refractivity contribution in [2.45, 2.75) is 69.2 Å². The van der Waals surface area contributed by atoms with Crippen LogP contribution in [0.3, 0.4) is 0 Å². The summed E-state index contributed by atoms with van der Waals surface area (Å²) in [6, 6.07) is 0. The van der Waals surface area contributed by atoms with Crippen molar-refractivity contribution < 1.29 is 18.9 Å². The van der Waals surface area contributed by atoms with Crippen molar-refractivity contribution in [1.82, 2.24) is 0 Å². The van der Waals surface area contributed by atoms with Crippen molar-refractivity contribution in [3.05, 3.63) is 0 Å². The molecular formula is C16H24O4. The number of epoxide rings is 1. The highest BCUT2D eigenvalue weighted by Gasteiger charge is 2.48. The van der Waals surface area contributed by atoms with E-state index in [2.05, 4.69) is 0 Å². The molecule has 0 amide bonds. The van der Waals surface area contributed by atoms with E-state index in [0.29, 0.717) is 36.3 Å². The first-order valence-electron chi connectivity index (χ1n) is 8.39. The molecule has 0 aromatic heterocycles. The summed E-state index contributed by atoms with van der Waals surface area (Å²) in [5.74, 6) is 1.91. The molecule has 112 valence electrons. The Morgan fingerprint density at radius 3 is 2.05 bits per heavy atom. The van der Waals surface area contributed by atoms with E-state index >= 15 is 0 Å². The third-order valence-corrected chi connectivity index (χ3v) is 6.09. The van der Waals surface area contributed by atoms with Gasteiger partial charge < -0.3 is 18.9 Å². The number of hydrogen-bond donors (Lipinski definition) is 0. The van der Waals surface area contributed by atoms with E-state index in [0.717, 1.165) is 25.6 Å². The Balaban J connectivity index is 1.14. The van der Waals surface area contributed by atoms with E-state index < -0.39 is 0 Å². The van der Waals surface area contributed by atoms with Crippen molar-refractivity contribution in [3.63, 3.8) is 0 Å². The van der Waals surface area contributed by atoms with E-state index in [-0.39, 0.29) is 6.29 Å². The Hall–Kier alpha value is -0.160. The zero-order valence-electron chi connectivity index (χ0n) is 11.9. The maximum absolute atomic E-state index is 6.08. The van der Waals surface area contributed by atoms with E-state index in [1.807, 2.05) is 0 Å². The summed E-state index contributed by atoms with van der Waals surface area (Å²) < 4.78 is 23.5. The third kappa shape index (κ3) is 2.12. The number of ether oxygens (including phenoxy) is 4. The van der Waals surface area contributed by atoms with Gasteiger partial charge in [0.2, 0.25) is 0 Å². The molecule has 4 saturated heterocycles. The Bertz CT molecular complexity index is 347. The molecule has 0 radical (unpaired) electrons. The van der Waals surface area contributed by atoms with Crippen molar-refractivity contribution in [1.29, 1.82) is 0 Å². The summed E-state index contributed by atoms with van der Waals surface area (Å²) in [5, 5.41) is 0. The van der Waals surface area contributed by atoms with Crippen molar-refractivity contribution in [2.24, 2.45) is 17.8 Å². The first-order valence-corrected chi connectivity index (χ1v) is 8.39. The van der Waals surface area contributed by atoms with Crippen LogP contribution in [0.1, 0.15) is 38.5 Å². The molecule has 0 aromatic carbocycles. The van der Waals surface area contributed by atoms with Gasteiger partial charge in [0.15, 0.2) is 6.29 Å². The van der Waals surface area contributed by atoms with E-state index in [9.17, 15) is 0 Å². The summed E-state index contributed by atoms with van der Waals surface area (Å²) in [4.78, 5) is 0. The maximum atomic E-state index is 6.08. The predicted octanol–water partition coefficient (Wildman–Crippen LogP) is 2.11. The van der Waals surface area contributed by atoms with Crippen molar-refractivity contribution >= 4 is 0 Å². The van der Waals surface area contributed by atoms with Gasteiger partial charge in [-0.2, -0.15) is 0 Å². The standard InChI is InChI=1S/C16H24O4/c1-2-14-15(20-14)5-9(1)16-17-7-11(8-18-16)10-3-12-6-13(4-10)19-12/h9-16H,1-8H2. The van der Waals surface area contributed by atoms with Gasteiger partial charge in [0.1, 0.15) is 0 Å². The van der Waals surface area contributed by atoms with Crippen LogP contribution in [0.5, 0.6) is 0 Å². The fourth-order valence-corrected chi connectivity index (χ4v) is 4.77. The average Bonchev–Trinajstić information content (AvgIpc) is 3.25. The van der Waals surface area contributed by atoms with Gasteiger partial charge in [-0.3, -0.25) is 0 Å². The minimum atomic E-state index is 0.0331. The molecule has 4 heterocycles. The van der Waals surface area contributed by atoms with Crippen LogP contribution in [0.25, 0.3) is 0 Å². The van der Waals surface area contributed by atoms with Crippen LogP contribution in [0, 0.1) is 17.8 Å². The van der Waals surface area contributed by atoms with E-state index in [4.69, 9.17) is 18.9 Å². The molecule has 6 aliphatic rings. The van der Waals surface area contributed by atoms with Gasteiger partial charge in [0.05, 0.1) is 37.6 Å². The fraction of sp³-hybridized carbons (Fsp3) is 1.00. The van der Waals surface area contributed by atoms with Crippen LogP contribution >= 0.6 is 0 Å². The zero-order chi connectivity index (χ0) is 13.1. The highest BCUT2D eigenvalue weighted by Crippen LogP contribution is 2.44. The molecule has 5 atom stereocenters. The quantitative estimate of drug-likeness (QED) is 0.726. The Labute approximate surface area is 120 Å². The molecule has 0 N–H and O–H groups in total. The second kappa shape index (κ2) is 4.67. The average molecular weight is 280 g/mol. The van der Waals surface area contributed by atoms with Crippen LogP contribution in [0.4, 0.5) is 0 Å². The maximum Gasteiger partial charge on any atom is 0.160 e. The molecule has 4 heteroatoms. The molecule has 0 aromatic rings.